The van der Waals surface area contributed by atoms with Crippen molar-refractivity contribution in [1.82, 2.24) is 0 Å². The molecule has 2 rings (SSSR count). The molecule has 0 spiro atoms. The lowest BCUT2D eigenvalue weighted by atomic mass is 9.85. The molecule has 3 nitrogen and oxygen atoms in total. The minimum absolute atomic E-state index is 0.375. The second-order valence-corrected chi connectivity index (χ2v) is 9.34. The number of aliphatic hydroxyl groups is 3. The fourth-order valence-corrected chi connectivity index (χ4v) is 4.04. The highest BCUT2D eigenvalue weighted by atomic mass is 16.3. The second kappa shape index (κ2) is 11.6. The summed E-state index contributed by atoms with van der Waals surface area (Å²) in [5, 5.41) is 29.9. The van der Waals surface area contributed by atoms with Gasteiger partial charge in [0.2, 0.25) is 0 Å². The fraction of sp³-hybridized carbons (Fsp3) is 0.556. The Bertz CT molecular complexity index is 752. The highest BCUT2D eigenvalue weighted by molar-refractivity contribution is 5.68. The lowest BCUT2D eigenvalue weighted by Crippen LogP contribution is -2.26. The van der Waals surface area contributed by atoms with E-state index in [-0.39, 0.29) is 0 Å². The molecule has 0 heterocycles. The smallest absolute Gasteiger partial charge is 0.0811 e. The van der Waals surface area contributed by atoms with Crippen molar-refractivity contribution in [1.29, 1.82) is 0 Å². The number of aliphatic hydroxyl groups excluding tert-OH is 2. The maximum Gasteiger partial charge on any atom is 0.0811 e. The van der Waals surface area contributed by atoms with Gasteiger partial charge in [-0.05, 0) is 73.8 Å². The Kier molecular flexibility index (Phi) is 9.54. The number of hydrogen-bond donors (Lipinski definition) is 3. The van der Waals surface area contributed by atoms with E-state index in [2.05, 4.69) is 43.8 Å². The van der Waals surface area contributed by atoms with Gasteiger partial charge in [0.1, 0.15) is 0 Å². The molecule has 1 aliphatic carbocycles. The summed E-state index contributed by atoms with van der Waals surface area (Å²) in [4.78, 5) is 0. The van der Waals surface area contributed by atoms with Gasteiger partial charge in [0, 0.05) is 6.42 Å². The molecule has 1 fully saturated rings. The minimum Gasteiger partial charge on any atom is -0.393 e. The second-order valence-electron chi connectivity index (χ2n) is 9.34. The first-order valence-corrected chi connectivity index (χ1v) is 11.5. The maximum atomic E-state index is 10.1. The molecule has 1 aromatic carbocycles. The average Bonchev–Trinajstić information content (AvgIpc) is 2.67. The van der Waals surface area contributed by atoms with Crippen molar-refractivity contribution in [2.45, 2.75) is 96.4 Å². The van der Waals surface area contributed by atoms with Crippen LogP contribution in [-0.2, 0) is 6.42 Å². The molecule has 0 radical (unpaired) electrons. The van der Waals surface area contributed by atoms with Crippen molar-refractivity contribution in [2.24, 2.45) is 0 Å². The van der Waals surface area contributed by atoms with Crippen molar-refractivity contribution >= 4 is 5.57 Å². The molecule has 1 saturated carbocycles. The van der Waals surface area contributed by atoms with E-state index >= 15 is 0 Å². The van der Waals surface area contributed by atoms with E-state index in [1.165, 1.54) is 16.7 Å². The predicted octanol–water partition coefficient (Wildman–Crippen LogP) is 5.74. The van der Waals surface area contributed by atoms with Gasteiger partial charge in [0.05, 0.1) is 17.8 Å². The molecule has 166 valence electrons. The largest absolute Gasteiger partial charge is 0.393 e. The third-order valence-electron chi connectivity index (χ3n) is 5.82. The van der Waals surface area contributed by atoms with Crippen LogP contribution in [-0.4, -0.2) is 33.1 Å². The van der Waals surface area contributed by atoms with Gasteiger partial charge in [-0.3, -0.25) is 0 Å². The molecule has 1 unspecified atom stereocenters. The van der Waals surface area contributed by atoms with Gasteiger partial charge in [-0.1, -0.05) is 69.2 Å². The summed E-state index contributed by atoms with van der Waals surface area (Å²) in [5.74, 6) is 0. The monoisotopic (exact) mass is 412 g/mol. The topological polar surface area (TPSA) is 60.7 Å². The highest BCUT2D eigenvalue weighted by Crippen LogP contribution is 2.29. The quantitative estimate of drug-likeness (QED) is 0.429. The van der Waals surface area contributed by atoms with E-state index < -0.39 is 17.8 Å². The van der Waals surface area contributed by atoms with E-state index in [1.807, 2.05) is 19.9 Å². The van der Waals surface area contributed by atoms with Crippen LogP contribution in [0.2, 0.25) is 0 Å². The molecule has 1 aliphatic rings. The maximum absolute atomic E-state index is 10.1. The number of allylic oxidation sites excluding steroid dienone is 3. The van der Waals surface area contributed by atoms with Crippen LogP contribution in [0.5, 0.6) is 0 Å². The zero-order valence-electron chi connectivity index (χ0n) is 19.0. The van der Waals surface area contributed by atoms with Crippen molar-refractivity contribution in [2.75, 3.05) is 0 Å². The predicted molar refractivity (Wildman–Crippen MR) is 126 cm³/mol. The first-order chi connectivity index (χ1) is 14.2. The third-order valence-corrected chi connectivity index (χ3v) is 5.82. The van der Waals surface area contributed by atoms with Crippen LogP contribution in [0.25, 0.3) is 5.57 Å². The number of aryl methyl sites for hydroxylation is 1. The number of rotatable bonds is 10. The molecular weight excluding hydrogens is 372 g/mol. The van der Waals surface area contributed by atoms with Gasteiger partial charge >= 0.3 is 0 Å². The molecule has 2 atom stereocenters. The summed E-state index contributed by atoms with van der Waals surface area (Å²) < 4.78 is 0. The van der Waals surface area contributed by atoms with Crippen molar-refractivity contribution in [3.8, 4) is 0 Å². The standard InChI is InChI=1S/C27H40O3/c1-5-10-22(14-15-23-18-25(28)19-26(29)20(23)2)24-13-9-12-21(17-24)11-7-6-8-16-27(3,4)30/h9,12-15,17,25-26,28-30H,2,5-8,10-11,16,18-19H2,1,3-4H3/b22-14+,23-15-/t25-,26?/m1/s1. The molecule has 0 saturated heterocycles. The van der Waals surface area contributed by atoms with Crippen molar-refractivity contribution in [3.63, 3.8) is 0 Å². The number of unbranched alkanes of at least 4 members (excludes halogenated alkanes) is 2. The normalized spacial score (nSPS) is 22.0. The molecule has 0 aromatic heterocycles. The zero-order valence-corrected chi connectivity index (χ0v) is 19.0. The first-order valence-electron chi connectivity index (χ1n) is 11.5. The van der Waals surface area contributed by atoms with Gasteiger partial charge in [-0.25, -0.2) is 0 Å². The first kappa shape index (κ1) is 24.6. The summed E-state index contributed by atoms with van der Waals surface area (Å²) in [5.41, 5.74) is 4.97. The lowest BCUT2D eigenvalue weighted by molar-refractivity contribution is 0.0680. The summed E-state index contributed by atoms with van der Waals surface area (Å²) in [7, 11) is 0. The zero-order chi connectivity index (χ0) is 22.1. The third kappa shape index (κ3) is 8.22. The van der Waals surface area contributed by atoms with Crippen LogP contribution in [0, 0.1) is 0 Å². The van der Waals surface area contributed by atoms with E-state index in [9.17, 15) is 15.3 Å². The van der Waals surface area contributed by atoms with E-state index in [0.29, 0.717) is 12.8 Å². The lowest BCUT2D eigenvalue weighted by Gasteiger charge is -2.26. The summed E-state index contributed by atoms with van der Waals surface area (Å²) in [6.07, 6.45) is 11.2. The molecule has 0 amide bonds. The van der Waals surface area contributed by atoms with Gasteiger partial charge in [-0.2, -0.15) is 0 Å². The molecular formula is C27H40O3. The highest BCUT2D eigenvalue weighted by Gasteiger charge is 2.24. The molecule has 0 aliphatic heterocycles. The van der Waals surface area contributed by atoms with Gasteiger partial charge < -0.3 is 15.3 Å². The van der Waals surface area contributed by atoms with Crippen molar-refractivity contribution in [3.05, 3.63) is 65.3 Å². The van der Waals surface area contributed by atoms with Crippen LogP contribution in [0.1, 0.15) is 83.3 Å². The summed E-state index contributed by atoms with van der Waals surface area (Å²) in [6.45, 7) is 9.94. The molecule has 3 N–H and O–H groups in total. The SMILES string of the molecule is C=C1/C(=C\C=C(/CCC)c2cccc(CCCCCC(C)(C)O)c2)C[C@@H](O)CC1O. The Balaban J connectivity index is 2.06. The Labute approximate surface area is 182 Å². The van der Waals surface area contributed by atoms with Gasteiger partial charge in [-0.15, -0.1) is 0 Å². The fourth-order valence-electron chi connectivity index (χ4n) is 4.04. The Morgan fingerprint density at radius 2 is 1.97 bits per heavy atom. The van der Waals surface area contributed by atoms with E-state index in [0.717, 1.165) is 56.1 Å². The van der Waals surface area contributed by atoms with Crippen LogP contribution >= 0.6 is 0 Å². The number of benzene rings is 1. The van der Waals surface area contributed by atoms with Crippen molar-refractivity contribution < 1.29 is 15.3 Å². The number of hydrogen-bond acceptors (Lipinski definition) is 3. The van der Waals surface area contributed by atoms with E-state index in [1.54, 1.807) is 0 Å². The van der Waals surface area contributed by atoms with Crippen LogP contribution in [0.3, 0.4) is 0 Å². The van der Waals surface area contributed by atoms with Gasteiger partial charge in [0.25, 0.3) is 0 Å². The Morgan fingerprint density at radius 3 is 2.67 bits per heavy atom. The Morgan fingerprint density at radius 1 is 1.20 bits per heavy atom. The Hall–Kier alpha value is -1.68. The summed E-state index contributed by atoms with van der Waals surface area (Å²) in [6, 6.07) is 8.77. The average molecular weight is 413 g/mol. The van der Waals surface area contributed by atoms with Crippen LogP contribution < -0.4 is 0 Å². The van der Waals surface area contributed by atoms with E-state index in [4.69, 9.17) is 0 Å². The molecule has 0 bridgehead atoms. The van der Waals surface area contributed by atoms with Crippen LogP contribution in [0.4, 0.5) is 0 Å². The molecule has 3 heteroatoms. The minimum atomic E-state index is -0.650. The molecule has 1 aromatic rings. The summed E-state index contributed by atoms with van der Waals surface area (Å²) >= 11 is 0. The van der Waals surface area contributed by atoms with Gasteiger partial charge in [0.15, 0.2) is 0 Å². The van der Waals surface area contributed by atoms with Crippen LogP contribution in [0.15, 0.2) is 54.1 Å². The molecule has 30 heavy (non-hydrogen) atoms.